The Kier molecular flexibility index (Phi) is 4.15. The van der Waals surface area contributed by atoms with Crippen molar-refractivity contribution in [3.8, 4) is 5.75 Å². The van der Waals surface area contributed by atoms with Gasteiger partial charge in [-0.1, -0.05) is 24.4 Å². The van der Waals surface area contributed by atoms with Crippen LogP contribution in [-0.2, 0) is 4.79 Å². The van der Waals surface area contributed by atoms with E-state index in [1.54, 1.807) is 0 Å². The average molecular weight is 264 g/mol. The van der Waals surface area contributed by atoms with E-state index >= 15 is 0 Å². The maximum Gasteiger partial charge on any atom is 0.222 e. The van der Waals surface area contributed by atoms with Gasteiger partial charge in [-0.2, -0.15) is 0 Å². The van der Waals surface area contributed by atoms with Gasteiger partial charge in [-0.3, -0.25) is 4.79 Å². The van der Waals surface area contributed by atoms with Crippen molar-refractivity contribution in [1.29, 1.82) is 0 Å². The SMILES string of the molecule is NC(=S)c1ccccc1OCCN1CCCC1=O. The van der Waals surface area contributed by atoms with Gasteiger partial charge in [0.2, 0.25) is 5.91 Å². The fourth-order valence-electron chi connectivity index (χ4n) is 2.00. The van der Waals surface area contributed by atoms with Crippen LogP contribution in [0.25, 0.3) is 0 Å². The average Bonchev–Trinajstić information content (AvgIpc) is 2.76. The number of ether oxygens (including phenoxy) is 1. The fourth-order valence-corrected chi connectivity index (χ4v) is 2.17. The molecule has 1 aromatic carbocycles. The first-order chi connectivity index (χ1) is 8.68. The second-order valence-corrected chi connectivity index (χ2v) is 4.63. The summed E-state index contributed by atoms with van der Waals surface area (Å²) in [7, 11) is 0. The van der Waals surface area contributed by atoms with Gasteiger partial charge in [-0.05, 0) is 18.6 Å². The fraction of sp³-hybridized carbons (Fsp3) is 0.385. The minimum atomic E-state index is 0.209. The van der Waals surface area contributed by atoms with Crippen LogP contribution in [0.2, 0.25) is 0 Å². The molecule has 1 aliphatic rings. The van der Waals surface area contributed by atoms with Gasteiger partial charge in [-0.25, -0.2) is 0 Å². The van der Waals surface area contributed by atoms with Crippen molar-refractivity contribution in [2.24, 2.45) is 5.73 Å². The monoisotopic (exact) mass is 264 g/mol. The normalized spacial score (nSPS) is 14.9. The van der Waals surface area contributed by atoms with E-state index in [-0.39, 0.29) is 5.91 Å². The quantitative estimate of drug-likeness (QED) is 0.815. The Labute approximate surface area is 112 Å². The van der Waals surface area contributed by atoms with Gasteiger partial charge in [0.1, 0.15) is 17.3 Å². The van der Waals surface area contributed by atoms with Crippen LogP contribution in [0.5, 0.6) is 5.75 Å². The van der Waals surface area contributed by atoms with Crippen LogP contribution < -0.4 is 10.5 Å². The van der Waals surface area contributed by atoms with Gasteiger partial charge in [-0.15, -0.1) is 0 Å². The van der Waals surface area contributed by atoms with E-state index in [9.17, 15) is 4.79 Å². The molecule has 2 rings (SSSR count). The van der Waals surface area contributed by atoms with Crippen molar-refractivity contribution >= 4 is 23.1 Å². The molecule has 1 saturated heterocycles. The molecular weight excluding hydrogens is 248 g/mol. The number of likely N-dealkylation sites (tertiary alicyclic amines) is 1. The maximum absolute atomic E-state index is 11.4. The Balaban J connectivity index is 1.90. The Hall–Kier alpha value is -1.62. The van der Waals surface area contributed by atoms with Crippen LogP contribution in [0.4, 0.5) is 0 Å². The number of rotatable bonds is 5. The number of carbonyl (C=O) groups excluding carboxylic acids is 1. The third kappa shape index (κ3) is 2.98. The molecule has 0 spiro atoms. The molecule has 0 atom stereocenters. The number of hydrogen-bond donors (Lipinski definition) is 1. The summed E-state index contributed by atoms with van der Waals surface area (Å²) < 4.78 is 5.65. The summed E-state index contributed by atoms with van der Waals surface area (Å²) in [6.45, 7) is 1.91. The second kappa shape index (κ2) is 5.82. The number of benzene rings is 1. The van der Waals surface area contributed by atoms with E-state index < -0.39 is 0 Å². The van der Waals surface area contributed by atoms with E-state index in [2.05, 4.69) is 0 Å². The number of carbonyl (C=O) groups is 1. The van der Waals surface area contributed by atoms with Crippen molar-refractivity contribution in [3.63, 3.8) is 0 Å². The molecule has 0 bridgehead atoms. The first-order valence-electron chi connectivity index (χ1n) is 5.98. The Bertz CT molecular complexity index is 462. The summed E-state index contributed by atoms with van der Waals surface area (Å²) in [5, 5.41) is 0. The number of amides is 1. The van der Waals surface area contributed by atoms with Crippen molar-refractivity contribution in [2.75, 3.05) is 19.7 Å². The highest BCUT2D eigenvalue weighted by atomic mass is 32.1. The predicted molar refractivity (Wildman–Crippen MR) is 73.6 cm³/mol. The molecule has 4 nitrogen and oxygen atoms in total. The first kappa shape index (κ1) is 12.8. The molecule has 0 unspecified atom stereocenters. The van der Waals surface area contributed by atoms with Gasteiger partial charge in [0.05, 0.1) is 12.1 Å². The minimum absolute atomic E-state index is 0.209. The number of thiocarbonyl (C=S) groups is 1. The molecule has 1 amide bonds. The molecule has 0 aromatic heterocycles. The Morgan fingerprint density at radius 2 is 2.22 bits per heavy atom. The summed E-state index contributed by atoms with van der Waals surface area (Å²) in [5.74, 6) is 0.887. The topological polar surface area (TPSA) is 55.6 Å². The zero-order valence-electron chi connectivity index (χ0n) is 10.1. The highest BCUT2D eigenvalue weighted by Crippen LogP contribution is 2.18. The van der Waals surface area contributed by atoms with Crippen molar-refractivity contribution in [2.45, 2.75) is 12.8 Å². The third-order valence-electron chi connectivity index (χ3n) is 2.94. The van der Waals surface area contributed by atoms with E-state index in [1.165, 1.54) is 0 Å². The summed E-state index contributed by atoms with van der Waals surface area (Å²) >= 11 is 4.96. The highest BCUT2D eigenvalue weighted by molar-refractivity contribution is 7.80. The lowest BCUT2D eigenvalue weighted by Gasteiger charge is -2.16. The van der Waals surface area contributed by atoms with Crippen molar-refractivity contribution in [3.05, 3.63) is 29.8 Å². The predicted octanol–water partition coefficient (Wildman–Crippen LogP) is 1.32. The number of para-hydroxylation sites is 1. The summed E-state index contributed by atoms with van der Waals surface area (Å²) in [6, 6.07) is 7.41. The molecule has 96 valence electrons. The Morgan fingerprint density at radius 1 is 1.44 bits per heavy atom. The maximum atomic E-state index is 11.4. The molecule has 2 N–H and O–H groups in total. The van der Waals surface area contributed by atoms with Gasteiger partial charge in [0, 0.05) is 13.0 Å². The van der Waals surface area contributed by atoms with E-state index in [1.807, 2.05) is 29.2 Å². The van der Waals surface area contributed by atoms with Crippen LogP contribution in [0.15, 0.2) is 24.3 Å². The van der Waals surface area contributed by atoms with E-state index in [0.29, 0.717) is 30.3 Å². The number of hydrogen-bond acceptors (Lipinski definition) is 3. The summed E-state index contributed by atoms with van der Waals surface area (Å²) in [5.41, 5.74) is 6.35. The van der Waals surface area contributed by atoms with Crippen molar-refractivity contribution < 1.29 is 9.53 Å². The first-order valence-corrected chi connectivity index (χ1v) is 6.38. The lowest BCUT2D eigenvalue weighted by molar-refractivity contribution is -0.128. The molecule has 1 fully saturated rings. The molecule has 1 aliphatic heterocycles. The van der Waals surface area contributed by atoms with Crippen molar-refractivity contribution in [1.82, 2.24) is 4.90 Å². The number of nitrogens with zero attached hydrogens (tertiary/aromatic N) is 1. The van der Waals surface area contributed by atoms with Gasteiger partial charge < -0.3 is 15.4 Å². The molecule has 0 aliphatic carbocycles. The minimum Gasteiger partial charge on any atom is -0.491 e. The molecule has 5 heteroatoms. The largest absolute Gasteiger partial charge is 0.491 e. The summed E-state index contributed by atoms with van der Waals surface area (Å²) in [4.78, 5) is 13.6. The molecule has 0 saturated carbocycles. The van der Waals surface area contributed by atoms with E-state index in [0.717, 1.165) is 18.5 Å². The molecular formula is C13H16N2O2S. The zero-order chi connectivity index (χ0) is 13.0. The van der Waals surface area contributed by atoms with E-state index in [4.69, 9.17) is 22.7 Å². The van der Waals surface area contributed by atoms with Crippen LogP contribution in [0, 0.1) is 0 Å². The smallest absolute Gasteiger partial charge is 0.222 e. The molecule has 0 radical (unpaired) electrons. The number of nitrogens with two attached hydrogens (primary N) is 1. The van der Waals surface area contributed by atoms with Crippen LogP contribution in [-0.4, -0.2) is 35.5 Å². The Morgan fingerprint density at radius 3 is 2.89 bits per heavy atom. The standard InChI is InChI=1S/C13H16N2O2S/c14-13(18)10-4-1-2-5-11(10)17-9-8-15-7-3-6-12(15)16/h1-2,4-5H,3,6-9H2,(H2,14,18). The van der Waals surface area contributed by atoms with Gasteiger partial charge in [0.25, 0.3) is 0 Å². The lowest BCUT2D eigenvalue weighted by Crippen LogP contribution is -2.29. The second-order valence-electron chi connectivity index (χ2n) is 4.19. The molecule has 1 aromatic rings. The van der Waals surface area contributed by atoms with Crippen LogP contribution >= 0.6 is 12.2 Å². The van der Waals surface area contributed by atoms with Gasteiger partial charge >= 0.3 is 0 Å². The molecule has 18 heavy (non-hydrogen) atoms. The lowest BCUT2D eigenvalue weighted by atomic mass is 10.2. The highest BCUT2D eigenvalue weighted by Gasteiger charge is 2.19. The zero-order valence-corrected chi connectivity index (χ0v) is 10.9. The van der Waals surface area contributed by atoms with Gasteiger partial charge in [0.15, 0.2) is 0 Å². The summed E-state index contributed by atoms with van der Waals surface area (Å²) in [6.07, 6.45) is 1.60. The van der Waals surface area contributed by atoms with Crippen LogP contribution in [0.3, 0.4) is 0 Å². The molecule has 1 heterocycles. The van der Waals surface area contributed by atoms with Crippen LogP contribution in [0.1, 0.15) is 18.4 Å². The third-order valence-corrected chi connectivity index (χ3v) is 3.16.